The van der Waals surface area contributed by atoms with Gasteiger partial charge in [0.2, 0.25) is 5.75 Å². The fraction of sp³-hybridized carbons (Fsp3) is 0.143. The summed E-state index contributed by atoms with van der Waals surface area (Å²) in [4.78, 5) is 23.8. The summed E-state index contributed by atoms with van der Waals surface area (Å²) in [5, 5.41) is 3.41. The molecule has 0 saturated carbocycles. The van der Waals surface area contributed by atoms with Crippen LogP contribution in [0.3, 0.4) is 0 Å². The molecule has 1 aromatic carbocycles. The lowest BCUT2D eigenvalue weighted by molar-refractivity contribution is 0.0601. The minimum absolute atomic E-state index is 0.351. The van der Waals surface area contributed by atoms with Crippen LogP contribution in [0.5, 0.6) is 5.75 Å². The third-order valence-electron chi connectivity index (χ3n) is 2.94. The highest BCUT2D eigenvalue weighted by atomic mass is 35.5. The molecule has 3 rings (SSSR count). The summed E-state index contributed by atoms with van der Waals surface area (Å²) in [6.45, 7) is 0.351. The topological polar surface area (TPSA) is 85.7 Å². The Morgan fingerprint density at radius 3 is 3.05 bits per heavy atom. The van der Waals surface area contributed by atoms with Gasteiger partial charge < -0.3 is 14.8 Å². The second-order valence-corrected chi connectivity index (χ2v) is 4.72. The van der Waals surface area contributed by atoms with E-state index in [2.05, 4.69) is 25.0 Å². The number of ether oxygens (including phenoxy) is 2. The quantitative estimate of drug-likeness (QED) is 0.876. The van der Waals surface area contributed by atoms with Crippen LogP contribution in [0.2, 0.25) is 5.02 Å². The maximum atomic E-state index is 11.5. The number of anilines is 2. The minimum atomic E-state index is -0.453. The number of hydrogen-bond donors (Lipinski definition) is 1. The molecule has 2 heterocycles. The van der Waals surface area contributed by atoms with E-state index in [4.69, 9.17) is 16.3 Å². The van der Waals surface area contributed by atoms with E-state index >= 15 is 0 Å². The molecule has 2 aromatic rings. The maximum absolute atomic E-state index is 11.5. The first-order valence-corrected chi connectivity index (χ1v) is 6.72. The van der Waals surface area contributed by atoms with Crippen LogP contribution in [0.4, 0.5) is 17.3 Å². The summed E-state index contributed by atoms with van der Waals surface area (Å²) < 4.78 is 10.1. The summed E-state index contributed by atoms with van der Waals surface area (Å²) in [5.41, 5.74) is 0.942. The second-order valence-electron chi connectivity index (χ2n) is 4.31. The van der Waals surface area contributed by atoms with Crippen molar-refractivity contribution in [1.82, 2.24) is 9.97 Å². The van der Waals surface area contributed by atoms with E-state index in [0.29, 0.717) is 40.3 Å². The number of hydrogen-bond acceptors (Lipinski definition) is 7. The predicted molar refractivity (Wildman–Crippen MR) is 81.8 cm³/mol. The monoisotopic (exact) mass is 318 g/mol. The van der Waals surface area contributed by atoms with E-state index < -0.39 is 5.97 Å². The van der Waals surface area contributed by atoms with Crippen LogP contribution in [0.15, 0.2) is 29.5 Å². The zero-order chi connectivity index (χ0) is 15.5. The van der Waals surface area contributed by atoms with Crippen LogP contribution < -0.4 is 10.1 Å². The Kier molecular flexibility index (Phi) is 3.88. The van der Waals surface area contributed by atoms with Gasteiger partial charge in [-0.3, -0.25) is 0 Å². The van der Waals surface area contributed by atoms with Crippen molar-refractivity contribution >= 4 is 41.1 Å². The van der Waals surface area contributed by atoms with Gasteiger partial charge in [-0.15, -0.1) is 0 Å². The Morgan fingerprint density at radius 1 is 1.41 bits per heavy atom. The number of benzene rings is 1. The van der Waals surface area contributed by atoms with Gasteiger partial charge in [0, 0.05) is 6.21 Å². The van der Waals surface area contributed by atoms with E-state index in [0.717, 1.165) is 0 Å². The van der Waals surface area contributed by atoms with Crippen LogP contribution in [-0.4, -0.2) is 35.9 Å². The summed E-state index contributed by atoms with van der Waals surface area (Å²) in [7, 11) is 1.31. The summed E-state index contributed by atoms with van der Waals surface area (Å²) in [5.74, 6) is 0.907. The molecule has 22 heavy (non-hydrogen) atoms. The number of fused-ring (bicyclic) bond motifs is 1. The molecular formula is C14H11ClN4O3. The highest BCUT2D eigenvalue weighted by Crippen LogP contribution is 2.36. The Morgan fingerprint density at radius 2 is 2.27 bits per heavy atom. The normalized spacial score (nSPS) is 12.3. The lowest BCUT2D eigenvalue weighted by Crippen LogP contribution is -2.08. The van der Waals surface area contributed by atoms with Crippen LogP contribution >= 0.6 is 11.6 Å². The molecule has 1 N–H and O–H groups in total. The number of esters is 1. The van der Waals surface area contributed by atoms with Crippen LogP contribution in [0, 0.1) is 0 Å². The van der Waals surface area contributed by atoms with Crippen molar-refractivity contribution in [2.75, 3.05) is 19.0 Å². The first-order valence-electron chi connectivity index (χ1n) is 6.34. The van der Waals surface area contributed by atoms with Crippen molar-refractivity contribution in [3.05, 3.63) is 35.1 Å². The van der Waals surface area contributed by atoms with Gasteiger partial charge in [0.25, 0.3) is 0 Å². The Bertz CT molecular complexity index is 764. The van der Waals surface area contributed by atoms with Gasteiger partial charge in [0.05, 0.1) is 23.4 Å². The number of halogens is 1. The average molecular weight is 319 g/mol. The van der Waals surface area contributed by atoms with Crippen molar-refractivity contribution in [2.45, 2.75) is 0 Å². The molecule has 0 aliphatic carbocycles. The Balaban J connectivity index is 1.91. The number of carbonyl (C=O) groups excluding carboxylic acids is 1. The first kappa shape index (κ1) is 14.3. The number of aromatic nitrogens is 2. The molecule has 0 radical (unpaired) electrons. The zero-order valence-corrected chi connectivity index (χ0v) is 12.3. The van der Waals surface area contributed by atoms with E-state index in [1.807, 2.05) is 0 Å². The number of carbonyl (C=O) groups is 1. The molecule has 1 aliphatic rings. The SMILES string of the molecule is COC(=O)c1ccc(Nc2ncnc3c2OCC=N3)c(Cl)c1. The van der Waals surface area contributed by atoms with Crippen LogP contribution in [0.1, 0.15) is 10.4 Å². The van der Waals surface area contributed by atoms with Crippen molar-refractivity contribution in [3.63, 3.8) is 0 Å². The molecule has 7 nitrogen and oxygen atoms in total. The third kappa shape index (κ3) is 2.71. The highest BCUT2D eigenvalue weighted by molar-refractivity contribution is 6.33. The Labute approximate surface area is 131 Å². The molecule has 0 amide bonds. The number of nitrogens with one attached hydrogen (secondary N) is 1. The Hall–Kier alpha value is -2.67. The lowest BCUT2D eigenvalue weighted by atomic mass is 10.2. The second kappa shape index (κ2) is 5.98. The van der Waals surface area contributed by atoms with Gasteiger partial charge in [-0.1, -0.05) is 11.6 Å². The summed E-state index contributed by atoms with van der Waals surface area (Å²) >= 11 is 6.18. The number of methoxy groups -OCH3 is 1. The average Bonchev–Trinajstić information content (AvgIpc) is 2.56. The molecule has 112 valence electrons. The lowest BCUT2D eigenvalue weighted by Gasteiger charge is -2.15. The van der Waals surface area contributed by atoms with Gasteiger partial charge in [-0.2, -0.15) is 0 Å². The number of nitrogens with zero attached hydrogens (tertiary/aromatic N) is 3. The molecule has 0 bridgehead atoms. The fourth-order valence-electron chi connectivity index (χ4n) is 1.91. The van der Waals surface area contributed by atoms with Crippen LogP contribution in [0.25, 0.3) is 0 Å². The number of rotatable bonds is 3. The highest BCUT2D eigenvalue weighted by Gasteiger charge is 2.16. The van der Waals surface area contributed by atoms with Crippen LogP contribution in [-0.2, 0) is 4.74 Å². The van der Waals surface area contributed by atoms with Crippen molar-refractivity contribution in [3.8, 4) is 5.75 Å². The van der Waals surface area contributed by atoms with E-state index in [1.165, 1.54) is 19.5 Å². The minimum Gasteiger partial charge on any atom is -0.481 e. The van der Waals surface area contributed by atoms with Crippen molar-refractivity contribution in [2.24, 2.45) is 4.99 Å². The predicted octanol–water partition coefficient (Wildman–Crippen LogP) is 2.75. The molecule has 0 atom stereocenters. The molecule has 1 aromatic heterocycles. The standard InChI is InChI=1S/C14H11ClN4O3/c1-21-14(20)8-2-3-10(9(15)6-8)19-13-11-12(17-7-18-13)16-4-5-22-11/h2-4,6-7H,5H2,1H3,(H,17,18,19). The van der Waals surface area contributed by atoms with Gasteiger partial charge in [0.15, 0.2) is 11.6 Å². The van der Waals surface area contributed by atoms with Crippen molar-refractivity contribution < 1.29 is 14.3 Å². The van der Waals surface area contributed by atoms with Gasteiger partial charge in [-0.25, -0.2) is 19.8 Å². The molecule has 0 spiro atoms. The summed E-state index contributed by atoms with van der Waals surface area (Å²) in [6.07, 6.45) is 3.00. The van der Waals surface area contributed by atoms with E-state index in [9.17, 15) is 4.79 Å². The van der Waals surface area contributed by atoms with E-state index in [-0.39, 0.29) is 0 Å². The van der Waals surface area contributed by atoms with Gasteiger partial charge in [0.1, 0.15) is 12.9 Å². The molecule has 8 heteroatoms. The van der Waals surface area contributed by atoms with Gasteiger partial charge in [-0.05, 0) is 18.2 Å². The largest absolute Gasteiger partial charge is 0.481 e. The first-order chi connectivity index (χ1) is 10.7. The smallest absolute Gasteiger partial charge is 0.337 e. The number of aliphatic imine (C=N–C) groups is 1. The van der Waals surface area contributed by atoms with Gasteiger partial charge >= 0.3 is 5.97 Å². The zero-order valence-electron chi connectivity index (χ0n) is 11.5. The summed E-state index contributed by atoms with van der Waals surface area (Å²) in [6, 6.07) is 4.78. The molecule has 1 aliphatic heterocycles. The van der Waals surface area contributed by atoms with E-state index in [1.54, 1.807) is 18.3 Å². The maximum Gasteiger partial charge on any atom is 0.337 e. The third-order valence-corrected chi connectivity index (χ3v) is 3.26. The fourth-order valence-corrected chi connectivity index (χ4v) is 2.14. The van der Waals surface area contributed by atoms with Crippen molar-refractivity contribution in [1.29, 1.82) is 0 Å². The molecule has 0 fully saturated rings. The molecular weight excluding hydrogens is 308 g/mol. The molecule has 0 saturated heterocycles. The molecule has 0 unspecified atom stereocenters.